The van der Waals surface area contributed by atoms with Gasteiger partial charge in [-0.15, -0.1) is 0 Å². The molecule has 1 aromatic heterocycles. The summed E-state index contributed by atoms with van der Waals surface area (Å²) in [7, 11) is 0. The Morgan fingerprint density at radius 1 is 1.24 bits per heavy atom. The van der Waals surface area contributed by atoms with Crippen LogP contribution in [-0.4, -0.2) is 15.5 Å². The van der Waals surface area contributed by atoms with Gasteiger partial charge in [0.2, 0.25) is 0 Å². The second-order valence-corrected chi connectivity index (χ2v) is 5.34. The molecule has 4 heteroatoms. The Balaban J connectivity index is 2.14. The van der Waals surface area contributed by atoms with Crippen LogP contribution < -0.4 is 5.32 Å². The first-order valence-corrected chi connectivity index (χ1v) is 7.13. The van der Waals surface area contributed by atoms with E-state index in [1.807, 2.05) is 18.2 Å². The van der Waals surface area contributed by atoms with Crippen molar-refractivity contribution in [1.29, 1.82) is 0 Å². The lowest BCUT2D eigenvalue weighted by Gasteiger charge is -2.21. The minimum absolute atomic E-state index is 0.0936. The fraction of sp³-hybridized carbons (Fsp3) is 0.294. The van der Waals surface area contributed by atoms with Gasteiger partial charge >= 0.3 is 0 Å². The molecule has 0 radical (unpaired) electrons. The van der Waals surface area contributed by atoms with Gasteiger partial charge in [-0.3, -0.25) is 9.36 Å². The predicted octanol–water partition coefficient (Wildman–Crippen LogP) is 3.41. The van der Waals surface area contributed by atoms with Crippen LogP contribution in [0.25, 0.3) is 0 Å². The number of nitrogens with zero attached hydrogens (tertiary/aromatic N) is 2. The van der Waals surface area contributed by atoms with Crippen LogP contribution in [0.5, 0.6) is 0 Å². The first-order valence-electron chi connectivity index (χ1n) is 7.13. The van der Waals surface area contributed by atoms with E-state index in [1.54, 1.807) is 18.5 Å². The molecule has 0 aliphatic rings. The third-order valence-electron chi connectivity index (χ3n) is 3.34. The van der Waals surface area contributed by atoms with Crippen molar-refractivity contribution in [3.63, 3.8) is 0 Å². The summed E-state index contributed by atoms with van der Waals surface area (Å²) in [5.41, 5.74) is 2.11. The molecular weight excluding hydrogens is 262 g/mol. The van der Waals surface area contributed by atoms with Crippen LogP contribution in [0.1, 0.15) is 37.2 Å². The molecule has 0 aliphatic heterocycles. The topological polar surface area (TPSA) is 46.9 Å². The zero-order valence-electron chi connectivity index (χ0n) is 12.7. The van der Waals surface area contributed by atoms with E-state index in [-0.39, 0.29) is 17.9 Å². The molecule has 0 aliphatic carbocycles. The Hall–Kier alpha value is -2.36. The number of hydrogen-bond donors (Lipinski definition) is 1. The maximum Gasteiger partial charge on any atom is 0.257 e. The SMILES string of the molecule is CC(C)/C(=C/C(=O)n1ccnc1)N[C@@H](C)c1ccccc1. The zero-order chi connectivity index (χ0) is 15.2. The largest absolute Gasteiger partial charge is 0.381 e. The minimum atomic E-state index is -0.0936. The van der Waals surface area contributed by atoms with E-state index in [0.717, 1.165) is 5.70 Å². The van der Waals surface area contributed by atoms with Crippen molar-refractivity contribution in [2.75, 3.05) is 0 Å². The van der Waals surface area contributed by atoms with Crippen molar-refractivity contribution in [2.24, 2.45) is 5.92 Å². The average Bonchev–Trinajstić information content (AvgIpc) is 3.01. The van der Waals surface area contributed by atoms with E-state index >= 15 is 0 Å². The summed E-state index contributed by atoms with van der Waals surface area (Å²) in [5, 5.41) is 3.43. The van der Waals surface area contributed by atoms with Gasteiger partial charge in [0.15, 0.2) is 0 Å². The molecule has 21 heavy (non-hydrogen) atoms. The number of allylic oxidation sites excluding steroid dienone is 2. The normalized spacial score (nSPS) is 13.2. The Kier molecular flexibility index (Phi) is 4.93. The number of benzene rings is 1. The van der Waals surface area contributed by atoms with Gasteiger partial charge in [-0.25, -0.2) is 4.98 Å². The van der Waals surface area contributed by atoms with Crippen LogP contribution in [0.2, 0.25) is 0 Å². The Bertz CT molecular complexity index is 600. The van der Waals surface area contributed by atoms with Crippen molar-refractivity contribution < 1.29 is 4.79 Å². The first kappa shape index (κ1) is 15.0. The van der Waals surface area contributed by atoms with Gasteiger partial charge in [0.05, 0.1) is 0 Å². The van der Waals surface area contributed by atoms with Crippen LogP contribution in [0.15, 0.2) is 60.8 Å². The van der Waals surface area contributed by atoms with Crippen molar-refractivity contribution >= 4 is 5.91 Å². The Morgan fingerprint density at radius 3 is 2.52 bits per heavy atom. The summed E-state index contributed by atoms with van der Waals surface area (Å²) in [5.74, 6) is 0.146. The number of aromatic nitrogens is 2. The van der Waals surface area contributed by atoms with Crippen molar-refractivity contribution in [2.45, 2.75) is 26.8 Å². The Labute approximate surface area is 125 Å². The summed E-state index contributed by atoms with van der Waals surface area (Å²) in [6.45, 7) is 6.22. The molecule has 1 N–H and O–H groups in total. The molecule has 0 saturated heterocycles. The van der Waals surface area contributed by atoms with E-state index in [2.05, 4.69) is 43.2 Å². The predicted molar refractivity (Wildman–Crippen MR) is 83.8 cm³/mol. The summed E-state index contributed by atoms with van der Waals surface area (Å²) >= 11 is 0. The van der Waals surface area contributed by atoms with Gasteiger partial charge in [0.25, 0.3) is 5.91 Å². The van der Waals surface area contributed by atoms with Gasteiger partial charge in [0, 0.05) is 30.2 Å². The van der Waals surface area contributed by atoms with Gasteiger partial charge in [-0.1, -0.05) is 44.2 Å². The molecule has 1 atom stereocenters. The van der Waals surface area contributed by atoms with E-state index < -0.39 is 0 Å². The molecule has 0 saturated carbocycles. The molecule has 0 amide bonds. The fourth-order valence-electron chi connectivity index (χ4n) is 2.05. The average molecular weight is 283 g/mol. The van der Waals surface area contributed by atoms with Crippen molar-refractivity contribution in [3.8, 4) is 0 Å². The van der Waals surface area contributed by atoms with Crippen LogP contribution in [0, 0.1) is 5.92 Å². The zero-order valence-corrected chi connectivity index (χ0v) is 12.7. The highest BCUT2D eigenvalue weighted by Crippen LogP contribution is 2.16. The molecule has 0 bridgehead atoms. The standard InChI is InChI=1S/C17H21N3O/c1-13(2)16(11-17(21)20-10-9-18-12-20)19-14(3)15-7-5-4-6-8-15/h4-14,19H,1-3H3/b16-11-/t14-/m0/s1. The minimum Gasteiger partial charge on any atom is -0.381 e. The van der Waals surface area contributed by atoms with Crippen molar-refractivity contribution in [1.82, 2.24) is 14.9 Å². The lowest BCUT2D eigenvalue weighted by atomic mass is 10.1. The maximum absolute atomic E-state index is 12.1. The third-order valence-corrected chi connectivity index (χ3v) is 3.34. The molecule has 1 aromatic carbocycles. The monoisotopic (exact) mass is 283 g/mol. The molecule has 0 fully saturated rings. The summed E-state index contributed by atoms with van der Waals surface area (Å²) in [6.07, 6.45) is 6.40. The molecule has 110 valence electrons. The number of hydrogen-bond acceptors (Lipinski definition) is 3. The number of carbonyl (C=O) groups excluding carboxylic acids is 1. The quantitative estimate of drug-likeness (QED) is 0.855. The molecule has 0 spiro atoms. The molecule has 2 rings (SSSR count). The fourth-order valence-corrected chi connectivity index (χ4v) is 2.05. The first-order chi connectivity index (χ1) is 10.1. The van der Waals surface area contributed by atoms with Crippen LogP contribution in [0.4, 0.5) is 0 Å². The van der Waals surface area contributed by atoms with Gasteiger partial charge in [-0.05, 0) is 18.4 Å². The summed E-state index contributed by atoms with van der Waals surface area (Å²) in [6, 6.07) is 10.3. The molecule has 0 unspecified atom stereocenters. The molecular formula is C17H21N3O. The Morgan fingerprint density at radius 2 is 1.95 bits per heavy atom. The second-order valence-electron chi connectivity index (χ2n) is 5.34. The van der Waals surface area contributed by atoms with Crippen LogP contribution in [-0.2, 0) is 0 Å². The highest BCUT2D eigenvalue weighted by molar-refractivity contribution is 5.90. The molecule has 4 nitrogen and oxygen atoms in total. The lowest BCUT2D eigenvalue weighted by molar-refractivity contribution is 0.0966. The molecule has 2 aromatic rings. The summed E-state index contributed by atoms with van der Waals surface area (Å²) < 4.78 is 1.47. The van der Waals surface area contributed by atoms with Gasteiger partial charge in [-0.2, -0.15) is 0 Å². The van der Waals surface area contributed by atoms with Crippen LogP contribution in [0.3, 0.4) is 0 Å². The van der Waals surface area contributed by atoms with Crippen molar-refractivity contribution in [3.05, 3.63) is 66.4 Å². The van der Waals surface area contributed by atoms with Gasteiger partial charge in [0.1, 0.15) is 6.33 Å². The van der Waals surface area contributed by atoms with Gasteiger partial charge < -0.3 is 5.32 Å². The van der Waals surface area contributed by atoms with Crippen LogP contribution >= 0.6 is 0 Å². The van der Waals surface area contributed by atoms with E-state index in [1.165, 1.54) is 16.5 Å². The second kappa shape index (κ2) is 6.88. The number of carbonyl (C=O) groups is 1. The maximum atomic E-state index is 12.1. The molecule has 1 heterocycles. The third kappa shape index (κ3) is 4.05. The smallest absolute Gasteiger partial charge is 0.257 e. The highest BCUT2D eigenvalue weighted by Gasteiger charge is 2.11. The van der Waals surface area contributed by atoms with E-state index in [0.29, 0.717) is 0 Å². The lowest BCUT2D eigenvalue weighted by Crippen LogP contribution is -2.23. The van der Waals surface area contributed by atoms with E-state index in [9.17, 15) is 4.79 Å². The number of nitrogens with one attached hydrogen (secondary N) is 1. The van der Waals surface area contributed by atoms with E-state index in [4.69, 9.17) is 0 Å². The summed E-state index contributed by atoms with van der Waals surface area (Å²) in [4.78, 5) is 16.0. The highest BCUT2D eigenvalue weighted by atomic mass is 16.1. The number of imidazole rings is 1. The number of rotatable bonds is 5.